The lowest BCUT2D eigenvalue weighted by atomic mass is 10.1. The van der Waals surface area contributed by atoms with Gasteiger partial charge in [0.1, 0.15) is 6.10 Å². The van der Waals surface area contributed by atoms with Crippen LogP contribution in [0, 0.1) is 0 Å². The largest absolute Gasteiger partial charge is 0.378 e. The molecule has 4 nitrogen and oxygen atoms in total. The zero-order valence-corrected chi connectivity index (χ0v) is 15.5. The summed E-state index contributed by atoms with van der Waals surface area (Å²) in [5, 5.41) is 0. The summed E-state index contributed by atoms with van der Waals surface area (Å²) in [5.74, 6) is 0.0423. The molecule has 1 heterocycles. The third-order valence-electron chi connectivity index (χ3n) is 4.24. The molecule has 0 N–H and O–H groups in total. The molecule has 1 aliphatic rings. The first-order chi connectivity index (χ1) is 11.6. The number of morpholine rings is 1. The minimum absolute atomic E-state index is 0.0423. The maximum absolute atomic E-state index is 12.8. The third kappa shape index (κ3) is 3.62. The lowest BCUT2D eigenvalue weighted by Gasteiger charge is -2.33. The summed E-state index contributed by atoms with van der Waals surface area (Å²) in [5.41, 5.74) is 2.95. The van der Waals surface area contributed by atoms with Gasteiger partial charge in [0.15, 0.2) is 0 Å². The number of carbonyl (C=O) groups is 1. The van der Waals surface area contributed by atoms with Crippen LogP contribution in [0.15, 0.2) is 53.0 Å². The van der Waals surface area contributed by atoms with Gasteiger partial charge in [-0.1, -0.05) is 24.3 Å². The monoisotopic (exact) mass is 388 g/mol. The van der Waals surface area contributed by atoms with Crippen molar-refractivity contribution in [3.63, 3.8) is 0 Å². The lowest BCUT2D eigenvalue weighted by molar-refractivity contribution is -0.0228. The van der Waals surface area contributed by atoms with Gasteiger partial charge in [-0.15, -0.1) is 0 Å². The molecule has 1 aliphatic heterocycles. The number of anilines is 1. The number of nitrogens with zero attached hydrogens (tertiary/aromatic N) is 2. The summed E-state index contributed by atoms with van der Waals surface area (Å²) in [7, 11) is 4.04. The molecule has 0 saturated carbocycles. The summed E-state index contributed by atoms with van der Waals surface area (Å²) < 4.78 is 6.72. The van der Waals surface area contributed by atoms with Crippen LogP contribution >= 0.6 is 15.9 Å². The molecule has 0 spiro atoms. The fourth-order valence-electron chi connectivity index (χ4n) is 2.83. The van der Waals surface area contributed by atoms with Gasteiger partial charge >= 0.3 is 0 Å². The molecule has 1 unspecified atom stereocenters. The number of hydrogen-bond donors (Lipinski definition) is 0. The van der Waals surface area contributed by atoms with Crippen LogP contribution in [0.3, 0.4) is 0 Å². The van der Waals surface area contributed by atoms with E-state index in [0.29, 0.717) is 25.3 Å². The normalized spacial score (nSPS) is 17.6. The van der Waals surface area contributed by atoms with Gasteiger partial charge < -0.3 is 14.5 Å². The van der Waals surface area contributed by atoms with E-state index in [1.54, 1.807) is 0 Å². The Bertz CT molecular complexity index is 716. The van der Waals surface area contributed by atoms with Crippen molar-refractivity contribution in [3.05, 3.63) is 64.1 Å². The molecule has 0 aromatic heterocycles. The molecule has 1 atom stereocenters. The van der Waals surface area contributed by atoms with E-state index in [1.807, 2.05) is 43.3 Å². The van der Waals surface area contributed by atoms with Crippen LogP contribution < -0.4 is 4.90 Å². The van der Waals surface area contributed by atoms with Crippen molar-refractivity contribution in [2.24, 2.45) is 0 Å². The van der Waals surface area contributed by atoms with E-state index in [0.717, 1.165) is 15.7 Å². The van der Waals surface area contributed by atoms with Crippen LogP contribution in [0.1, 0.15) is 22.0 Å². The summed E-state index contributed by atoms with van der Waals surface area (Å²) in [6.45, 7) is 1.74. The molecular weight excluding hydrogens is 368 g/mol. The number of amides is 1. The predicted molar refractivity (Wildman–Crippen MR) is 99.5 cm³/mol. The van der Waals surface area contributed by atoms with Gasteiger partial charge in [0.25, 0.3) is 5.91 Å². The highest BCUT2D eigenvalue weighted by molar-refractivity contribution is 9.10. The summed E-state index contributed by atoms with van der Waals surface area (Å²) in [4.78, 5) is 16.7. The Labute approximate surface area is 151 Å². The second kappa shape index (κ2) is 7.36. The van der Waals surface area contributed by atoms with Gasteiger partial charge in [0, 0.05) is 30.8 Å². The Kier molecular flexibility index (Phi) is 5.21. The molecule has 1 amide bonds. The minimum Gasteiger partial charge on any atom is -0.378 e. The maximum atomic E-state index is 12.8. The zero-order valence-electron chi connectivity index (χ0n) is 13.9. The fourth-order valence-corrected chi connectivity index (χ4v) is 3.28. The molecule has 3 rings (SSSR count). The summed E-state index contributed by atoms with van der Waals surface area (Å²) in [6.07, 6.45) is -0.0820. The maximum Gasteiger partial charge on any atom is 0.255 e. The standard InChI is InChI=1S/C19H21BrN2O2/c1-21(2)15-9-7-14(8-10-15)18-13-22(11-12-24-18)19(23)16-5-3-4-6-17(16)20/h3-10,18H,11-13H2,1-2H3. The minimum atomic E-state index is -0.0820. The molecular formula is C19H21BrN2O2. The number of carbonyl (C=O) groups excluding carboxylic acids is 1. The average Bonchev–Trinajstić information content (AvgIpc) is 2.62. The third-order valence-corrected chi connectivity index (χ3v) is 4.93. The van der Waals surface area contributed by atoms with Crippen molar-refractivity contribution in [1.29, 1.82) is 0 Å². The number of hydrogen-bond acceptors (Lipinski definition) is 3. The van der Waals surface area contributed by atoms with Gasteiger partial charge in [-0.25, -0.2) is 0 Å². The molecule has 0 bridgehead atoms. The molecule has 2 aromatic carbocycles. The smallest absolute Gasteiger partial charge is 0.255 e. The van der Waals surface area contributed by atoms with Crippen molar-refractivity contribution in [2.45, 2.75) is 6.10 Å². The van der Waals surface area contributed by atoms with E-state index >= 15 is 0 Å². The topological polar surface area (TPSA) is 32.8 Å². The van der Waals surface area contributed by atoms with Crippen LogP contribution in [-0.4, -0.2) is 44.6 Å². The highest BCUT2D eigenvalue weighted by Crippen LogP contribution is 2.26. The van der Waals surface area contributed by atoms with Crippen LogP contribution in [0.2, 0.25) is 0 Å². The Hall–Kier alpha value is -1.85. The number of rotatable bonds is 3. The van der Waals surface area contributed by atoms with Crippen LogP contribution in [0.4, 0.5) is 5.69 Å². The Morgan fingerprint density at radius 2 is 1.88 bits per heavy atom. The van der Waals surface area contributed by atoms with Crippen molar-refractivity contribution in [2.75, 3.05) is 38.7 Å². The Morgan fingerprint density at radius 3 is 2.54 bits per heavy atom. The molecule has 2 aromatic rings. The number of ether oxygens (including phenoxy) is 1. The van der Waals surface area contributed by atoms with E-state index < -0.39 is 0 Å². The van der Waals surface area contributed by atoms with Gasteiger partial charge in [-0.3, -0.25) is 4.79 Å². The first-order valence-corrected chi connectivity index (χ1v) is 8.78. The predicted octanol–water partition coefficient (Wildman–Crippen LogP) is 3.73. The molecule has 0 aliphatic carbocycles. The highest BCUT2D eigenvalue weighted by atomic mass is 79.9. The van der Waals surface area contributed by atoms with Crippen molar-refractivity contribution in [1.82, 2.24) is 4.90 Å². The van der Waals surface area contributed by atoms with Gasteiger partial charge in [-0.2, -0.15) is 0 Å². The molecule has 1 saturated heterocycles. The van der Waals surface area contributed by atoms with Gasteiger partial charge in [0.2, 0.25) is 0 Å². The van der Waals surface area contributed by atoms with Crippen molar-refractivity contribution < 1.29 is 9.53 Å². The van der Waals surface area contributed by atoms with Crippen LogP contribution in [-0.2, 0) is 4.74 Å². The fraction of sp³-hybridized carbons (Fsp3) is 0.316. The van der Waals surface area contributed by atoms with Crippen molar-refractivity contribution in [3.8, 4) is 0 Å². The summed E-state index contributed by atoms with van der Waals surface area (Å²) >= 11 is 3.46. The average molecular weight is 389 g/mol. The second-order valence-electron chi connectivity index (χ2n) is 6.08. The first-order valence-electron chi connectivity index (χ1n) is 7.99. The molecule has 24 heavy (non-hydrogen) atoms. The molecule has 0 radical (unpaired) electrons. The quantitative estimate of drug-likeness (QED) is 0.802. The van der Waals surface area contributed by atoms with Crippen molar-refractivity contribution >= 4 is 27.5 Å². The van der Waals surface area contributed by atoms with E-state index in [4.69, 9.17) is 4.74 Å². The van der Waals surface area contributed by atoms with E-state index in [2.05, 4.69) is 45.1 Å². The van der Waals surface area contributed by atoms with Crippen LogP contribution in [0.5, 0.6) is 0 Å². The highest BCUT2D eigenvalue weighted by Gasteiger charge is 2.27. The molecule has 5 heteroatoms. The second-order valence-corrected chi connectivity index (χ2v) is 6.93. The first kappa shape index (κ1) is 17.0. The van der Waals surface area contributed by atoms with Gasteiger partial charge in [0.05, 0.1) is 18.7 Å². The van der Waals surface area contributed by atoms with E-state index in [-0.39, 0.29) is 12.0 Å². The van der Waals surface area contributed by atoms with Gasteiger partial charge in [-0.05, 0) is 45.8 Å². The number of halogens is 1. The van der Waals surface area contributed by atoms with E-state index in [1.165, 1.54) is 0 Å². The Balaban J connectivity index is 1.74. The van der Waals surface area contributed by atoms with Crippen LogP contribution in [0.25, 0.3) is 0 Å². The van der Waals surface area contributed by atoms with E-state index in [9.17, 15) is 4.79 Å². The Morgan fingerprint density at radius 1 is 1.17 bits per heavy atom. The SMILES string of the molecule is CN(C)c1ccc(C2CN(C(=O)c3ccccc3Br)CCO2)cc1. The zero-order chi connectivity index (χ0) is 17.1. The summed E-state index contributed by atoms with van der Waals surface area (Å²) in [6, 6.07) is 15.8. The lowest BCUT2D eigenvalue weighted by Crippen LogP contribution is -2.42. The number of benzene rings is 2. The molecule has 126 valence electrons. The molecule has 1 fully saturated rings.